The lowest BCUT2D eigenvalue weighted by Gasteiger charge is -2.13. The highest BCUT2D eigenvalue weighted by atomic mass is 35.5. The summed E-state index contributed by atoms with van der Waals surface area (Å²) in [5.41, 5.74) is 2.06. The fourth-order valence-corrected chi connectivity index (χ4v) is 4.10. The van der Waals surface area contributed by atoms with E-state index in [9.17, 15) is 14.4 Å². The van der Waals surface area contributed by atoms with Crippen LogP contribution in [-0.2, 0) is 20.8 Å². The summed E-state index contributed by atoms with van der Waals surface area (Å²) in [6.45, 7) is 11.1. The van der Waals surface area contributed by atoms with E-state index in [0.29, 0.717) is 22.8 Å². The lowest BCUT2D eigenvalue weighted by molar-refractivity contribution is -0.119. The van der Waals surface area contributed by atoms with Crippen LogP contribution in [0.3, 0.4) is 0 Å². The number of hydrogen-bond acceptors (Lipinski definition) is 7. The SMILES string of the molecule is CCOC(=O)c1sc(NC(=O)C(C)Cn2nc(C)c(Cl)c2C)c(C(=O)OCC)c1C. The zero-order valence-corrected chi connectivity index (χ0v) is 19.5. The van der Waals surface area contributed by atoms with Crippen LogP contribution >= 0.6 is 22.9 Å². The molecule has 0 aromatic carbocycles. The van der Waals surface area contributed by atoms with Gasteiger partial charge in [-0.05, 0) is 40.2 Å². The first-order chi connectivity index (χ1) is 14.1. The van der Waals surface area contributed by atoms with Crippen LogP contribution < -0.4 is 5.32 Å². The van der Waals surface area contributed by atoms with Crippen molar-refractivity contribution in [1.82, 2.24) is 9.78 Å². The van der Waals surface area contributed by atoms with Crippen molar-refractivity contribution in [3.05, 3.63) is 32.4 Å². The van der Waals surface area contributed by atoms with Crippen LogP contribution in [0.5, 0.6) is 0 Å². The quantitative estimate of drug-likeness (QED) is 0.600. The highest BCUT2D eigenvalue weighted by molar-refractivity contribution is 7.18. The number of aryl methyl sites for hydroxylation is 1. The van der Waals surface area contributed by atoms with Gasteiger partial charge in [0.1, 0.15) is 9.88 Å². The van der Waals surface area contributed by atoms with Crippen molar-refractivity contribution in [3.8, 4) is 0 Å². The third-order valence-electron chi connectivity index (χ3n) is 4.51. The molecular weight excluding hydrogens is 430 g/mol. The summed E-state index contributed by atoms with van der Waals surface area (Å²) in [4.78, 5) is 37.8. The number of aromatic nitrogens is 2. The number of hydrogen-bond donors (Lipinski definition) is 1. The van der Waals surface area contributed by atoms with E-state index in [2.05, 4.69) is 10.4 Å². The summed E-state index contributed by atoms with van der Waals surface area (Å²) < 4.78 is 11.8. The minimum Gasteiger partial charge on any atom is -0.462 e. The summed E-state index contributed by atoms with van der Waals surface area (Å²) in [7, 11) is 0. The molecule has 0 radical (unpaired) electrons. The average Bonchev–Trinajstić information content (AvgIpc) is 3.13. The van der Waals surface area contributed by atoms with E-state index in [4.69, 9.17) is 21.1 Å². The van der Waals surface area contributed by atoms with Gasteiger partial charge >= 0.3 is 11.9 Å². The molecule has 10 heteroatoms. The van der Waals surface area contributed by atoms with Gasteiger partial charge in [-0.3, -0.25) is 9.48 Å². The van der Waals surface area contributed by atoms with Gasteiger partial charge < -0.3 is 14.8 Å². The maximum Gasteiger partial charge on any atom is 0.348 e. The van der Waals surface area contributed by atoms with Gasteiger partial charge in [-0.1, -0.05) is 18.5 Å². The number of nitrogens with zero attached hydrogens (tertiary/aromatic N) is 2. The van der Waals surface area contributed by atoms with Crippen molar-refractivity contribution in [2.24, 2.45) is 5.92 Å². The largest absolute Gasteiger partial charge is 0.462 e. The molecule has 0 saturated heterocycles. The van der Waals surface area contributed by atoms with Crippen molar-refractivity contribution < 1.29 is 23.9 Å². The first-order valence-electron chi connectivity index (χ1n) is 9.60. The first-order valence-corrected chi connectivity index (χ1v) is 10.8. The normalized spacial score (nSPS) is 11.8. The lowest BCUT2D eigenvalue weighted by atomic mass is 10.1. The van der Waals surface area contributed by atoms with Crippen LogP contribution in [0.25, 0.3) is 0 Å². The van der Waals surface area contributed by atoms with Crippen LogP contribution in [-0.4, -0.2) is 40.8 Å². The second kappa shape index (κ2) is 10.1. The monoisotopic (exact) mass is 455 g/mol. The van der Waals surface area contributed by atoms with Gasteiger partial charge in [0.2, 0.25) is 5.91 Å². The molecule has 1 amide bonds. The Kier molecular flexibility index (Phi) is 8.03. The molecule has 1 unspecified atom stereocenters. The molecule has 0 saturated carbocycles. The summed E-state index contributed by atoms with van der Waals surface area (Å²) in [5.74, 6) is -1.94. The minimum absolute atomic E-state index is 0.166. The molecule has 0 aliphatic rings. The van der Waals surface area contributed by atoms with E-state index in [0.717, 1.165) is 17.0 Å². The standard InChI is InChI=1S/C20H26ClN3O5S/c1-7-28-19(26)14-11(4)16(20(27)29-8-2)30-18(14)22-17(25)10(3)9-24-13(6)15(21)12(5)23-24/h10H,7-9H2,1-6H3,(H,22,25). The molecule has 8 nitrogen and oxygen atoms in total. The van der Waals surface area contributed by atoms with Crippen LogP contribution in [0.1, 0.15) is 57.8 Å². The van der Waals surface area contributed by atoms with Gasteiger partial charge in [0.05, 0.1) is 47.7 Å². The predicted molar refractivity (Wildman–Crippen MR) is 115 cm³/mol. The number of ether oxygens (including phenoxy) is 2. The van der Waals surface area contributed by atoms with Crippen molar-refractivity contribution in [2.75, 3.05) is 18.5 Å². The van der Waals surface area contributed by atoms with E-state index in [1.807, 2.05) is 6.92 Å². The van der Waals surface area contributed by atoms with Crippen LogP contribution in [0, 0.1) is 26.7 Å². The van der Waals surface area contributed by atoms with E-state index in [-0.39, 0.29) is 34.6 Å². The Morgan fingerprint density at radius 1 is 1.13 bits per heavy atom. The Balaban J connectivity index is 2.29. The average molecular weight is 456 g/mol. The molecular formula is C20H26ClN3O5S. The molecule has 2 aromatic rings. The molecule has 2 heterocycles. The van der Waals surface area contributed by atoms with Crippen molar-refractivity contribution in [1.29, 1.82) is 0 Å². The number of amides is 1. The van der Waals surface area contributed by atoms with E-state index >= 15 is 0 Å². The molecule has 0 spiro atoms. The maximum absolute atomic E-state index is 12.8. The zero-order chi connectivity index (χ0) is 22.6. The Morgan fingerprint density at radius 2 is 1.73 bits per heavy atom. The highest BCUT2D eigenvalue weighted by Crippen LogP contribution is 2.34. The van der Waals surface area contributed by atoms with E-state index in [1.165, 1.54) is 0 Å². The molecule has 1 atom stereocenters. The number of carbonyl (C=O) groups is 3. The van der Waals surface area contributed by atoms with Crippen LogP contribution in [0.4, 0.5) is 5.00 Å². The minimum atomic E-state index is -0.602. The fraction of sp³-hybridized carbons (Fsp3) is 0.500. The fourth-order valence-electron chi connectivity index (χ4n) is 2.87. The number of halogens is 1. The van der Waals surface area contributed by atoms with E-state index < -0.39 is 17.9 Å². The number of anilines is 1. The summed E-state index contributed by atoms with van der Waals surface area (Å²) >= 11 is 7.17. The van der Waals surface area contributed by atoms with Crippen LogP contribution in [0.2, 0.25) is 5.02 Å². The summed E-state index contributed by atoms with van der Waals surface area (Å²) in [6, 6.07) is 0. The first kappa shape index (κ1) is 23.9. The molecule has 0 bridgehead atoms. The smallest absolute Gasteiger partial charge is 0.348 e. The van der Waals surface area contributed by atoms with Crippen molar-refractivity contribution in [3.63, 3.8) is 0 Å². The molecule has 2 aromatic heterocycles. The number of thiophene rings is 1. The lowest BCUT2D eigenvalue weighted by Crippen LogP contribution is -2.25. The second-order valence-electron chi connectivity index (χ2n) is 6.76. The van der Waals surface area contributed by atoms with Gasteiger partial charge in [0, 0.05) is 0 Å². The number of rotatable bonds is 8. The molecule has 1 N–H and O–H groups in total. The zero-order valence-electron chi connectivity index (χ0n) is 17.9. The van der Waals surface area contributed by atoms with Crippen molar-refractivity contribution >= 4 is 45.8 Å². The van der Waals surface area contributed by atoms with Crippen molar-refractivity contribution in [2.45, 2.75) is 48.1 Å². The van der Waals surface area contributed by atoms with Gasteiger partial charge in [0.15, 0.2) is 0 Å². The van der Waals surface area contributed by atoms with Gasteiger partial charge in [-0.15, -0.1) is 11.3 Å². The Morgan fingerprint density at radius 3 is 2.27 bits per heavy atom. The number of nitrogens with one attached hydrogen (secondary N) is 1. The van der Waals surface area contributed by atoms with Gasteiger partial charge in [-0.25, -0.2) is 9.59 Å². The summed E-state index contributed by atoms with van der Waals surface area (Å²) in [5, 5.41) is 7.94. The second-order valence-corrected chi connectivity index (χ2v) is 8.16. The Hall–Kier alpha value is -2.39. The molecule has 0 aliphatic heterocycles. The van der Waals surface area contributed by atoms with E-state index in [1.54, 1.807) is 39.3 Å². The number of esters is 2. The third kappa shape index (κ3) is 5.02. The maximum atomic E-state index is 12.8. The molecule has 164 valence electrons. The third-order valence-corrected chi connectivity index (χ3v) is 6.25. The number of carbonyl (C=O) groups excluding carboxylic acids is 3. The Labute approximate surface area is 184 Å². The Bertz CT molecular complexity index is 966. The molecule has 0 aliphatic carbocycles. The molecule has 30 heavy (non-hydrogen) atoms. The summed E-state index contributed by atoms with van der Waals surface area (Å²) in [6.07, 6.45) is 0. The topological polar surface area (TPSA) is 99.5 Å². The predicted octanol–water partition coefficient (Wildman–Crippen LogP) is 4.15. The molecule has 2 rings (SSSR count). The van der Waals surface area contributed by atoms with Gasteiger partial charge in [0.25, 0.3) is 0 Å². The molecule has 0 fully saturated rings. The van der Waals surface area contributed by atoms with Crippen LogP contribution in [0.15, 0.2) is 0 Å². The van der Waals surface area contributed by atoms with Gasteiger partial charge in [-0.2, -0.15) is 5.10 Å². The highest BCUT2D eigenvalue weighted by Gasteiger charge is 2.28.